The van der Waals surface area contributed by atoms with Crippen LogP contribution in [0.15, 0.2) is 0 Å². The predicted molar refractivity (Wildman–Crippen MR) is 50.3 cm³/mol. The minimum Gasteiger partial charge on any atom is -0.375 e. The molecule has 0 aromatic carbocycles. The third-order valence-electron chi connectivity index (χ3n) is 2.33. The van der Waals surface area contributed by atoms with E-state index >= 15 is 0 Å². The summed E-state index contributed by atoms with van der Waals surface area (Å²) in [5.41, 5.74) is 0. The van der Waals surface area contributed by atoms with E-state index in [2.05, 4.69) is 20.7 Å². The number of aromatic nitrogens is 4. The van der Waals surface area contributed by atoms with Gasteiger partial charge in [-0.15, -0.1) is 10.2 Å². The van der Waals surface area contributed by atoms with Gasteiger partial charge in [0, 0.05) is 6.54 Å². The topological polar surface area (TPSA) is 81.9 Å². The molecule has 2 unspecified atom stereocenters. The Morgan fingerprint density at radius 3 is 3.07 bits per heavy atom. The molecule has 1 fully saturated rings. The van der Waals surface area contributed by atoms with Crippen LogP contribution in [0.5, 0.6) is 0 Å². The van der Waals surface area contributed by atoms with Gasteiger partial charge in [-0.1, -0.05) is 0 Å². The molecule has 0 saturated carbocycles. The van der Waals surface area contributed by atoms with Crippen LogP contribution in [0.4, 0.5) is 0 Å². The van der Waals surface area contributed by atoms with Crippen molar-refractivity contribution in [2.45, 2.75) is 19.1 Å². The largest absolute Gasteiger partial charge is 0.375 e. The summed E-state index contributed by atoms with van der Waals surface area (Å²) in [6.45, 7) is 3.14. The molecule has 7 heteroatoms. The van der Waals surface area contributed by atoms with Gasteiger partial charge in [-0.2, -0.15) is 4.80 Å². The summed E-state index contributed by atoms with van der Waals surface area (Å²) in [4.78, 5) is 13.2. The van der Waals surface area contributed by atoms with Gasteiger partial charge in [-0.25, -0.2) is 0 Å². The first-order valence-corrected chi connectivity index (χ1v) is 4.81. The van der Waals surface area contributed by atoms with Gasteiger partial charge in [0.2, 0.25) is 11.6 Å². The van der Waals surface area contributed by atoms with E-state index in [1.54, 1.807) is 7.05 Å². The van der Waals surface area contributed by atoms with E-state index < -0.39 is 0 Å². The minimum atomic E-state index is -0.372. The average molecular weight is 211 g/mol. The highest BCUT2D eigenvalue weighted by molar-refractivity contribution is 5.97. The lowest BCUT2D eigenvalue weighted by Crippen LogP contribution is -2.51. The Bertz CT molecular complexity index is 364. The molecule has 82 valence electrons. The van der Waals surface area contributed by atoms with E-state index in [4.69, 9.17) is 4.74 Å². The summed E-state index contributed by atoms with van der Waals surface area (Å²) in [7, 11) is 1.62. The Balaban J connectivity index is 2.13. The predicted octanol–water partition coefficient (Wildman–Crippen LogP) is -1.23. The molecule has 1 aromatic rings. The number of hydrogen-bond acceptors (Lipinski definition) is 6. The molecule has 1 N–H and O–H groups in total. The molecule has 0 radical (unpaired) electrons. The van der Waals surface area contributed by atoms with Crippen molar-refractivity contribution in [3.63, 3.8) is 0 Å². The number of hydrogen-bond donors (Lipinski definition) is 1. The maximum Gasteiger partial charge on any atom is 0.242 e. The molecule has 2 rings (SSSR count). The molecule has 7 nitrogen and oxygen atoms in total. The number of nitrogens with one attached hydrogen (secondary N) is 1. The van der Waals surface area contributed by atoms with Crippen molar-refractivity contribution < 1.29 is 9.53 Å². The third-order valence-corrected chi connectivity index (χ3v) is 2.33. The van der Waals surface area contributed by atoms with E-state index in [9.17, 15) is 4.79 Å². The fraction of sp³-hybridized carbons (Fsp3) is 0.750. The Morgan fingerprint density at radius 2 is 2.47 bits per heavy atom. The Labute approximate surface area is 86.8 Å². The van der Waals surface area contributed by atoms with Crippen LogP contribution < -0.4 is 5.32 Å². The molecular weight excluding hydrogens is 198 g/mol. The molecule has 1 aliphatic rings. The van der Waals surface area contributed by atoms with Crippen molar-refractivity contribution >= 4 is 5.78 Å². The second kappa shape index (κ2) is 4.03. The van der Waals surface area contributed by atoms with Crippen molar-refractivity contribution in [2.24, 2.45) is 7.05 Å². The van der Waals surface area contributed by atoms with Crippen LogP contribution in [-0.2, 0) is 11.8 Å². The lowest BCUT2D eigenvalue weighted by atomic mass is 10.1. The smallest absolute Gasteiger partial charge is 0.242 e. The van der Waals surface area contributed by atoms with E-state index in [1.807, 2.05) is 6.92 Å². The van der Waals surface area contributed by atoms with E-state index in [1.165, 1.54) is 4.80 Å². The number of nitrogens with zero attached hydrogens (tertiary/aromatic N) is 4. The van der Waals surface area contributed by atoms with Crippen LogP contribution in [0.2, 0.25) is 0 Å². The number of tetrazole rings is 1. The van der Waals surface area contributed by atoms with Crippen LogP contribution in [0.3, 0.4) is 0 Å². The van der Waals surface area contributed by atoms with Crippen molar-refractivity contribution in [3.8, 4) is 0 Å². The monoisotopic (exact) mass is 211 g/mol. The molecule has 0 spiro atoms. The van der Waals surface area contributed by atoms with Crippen molar-refractivity contribution in [2.75, 3.05) is 13.2 Å². The van der Waals surface area contributed by atoms with Crippen LogP contribution in [0.1, 0.15) is 17.5 Å². The highest BCUT2D eigenvalue weighted by Crippen LogP contribution is 2.07. The van der Waals surface area contributed by atoms with Gasteiger partial charge >= 0.3 is 0 Å². The molecular formula is C8H13N5O2. The number of aryl methyl sites for hydroxylation is 1. The average Bonchev–Trinajstić information content (AvgIpc) is 2.65. The molecule has 0 bridgehead atoms. The van der Waals surface area contributed by atoms with E-state index in [-0.39, 0.29) is 23.8 Å². The van der Waals surface area contributed by atoms with Gasteiger partial charge < -0.3 is 10.1 Å². The van der Waals surface area contributed by atoms with Gasteiger partial charge in [0.1, 0.15) is 6.04 Å². The number of rotatable bonds is 2. The number of Topliss-reactive ketones (excluding diaryl/α,β-unsaturated/α-hetero) is 1. The molecule has 15 heavy (non-hydrogen) atoms. The van der Waals surface area contributed by atoms with Crippen molar-refractivity contribution in [1.29, 1.82) is 0 Å². The highest BCUT2D eigenvalue weighted by atomic mass is 16.5. The molecule has 1 aromatic heterocycles. The standard InChI is InChI=1S/C8H13N5O2/c1-5-6(9-3-4-15-5)7(14)8-10-12-13(2)11-8/h5-6,9H,3-4H2,1-2H3. The normalized spacial score (nSPS) is 26.5. The number of morpholine rings is 1. The highest BCUT2D eigenvalue weighted by Gasteiger charge is 2.31. The molecule has 1 saturated heterocycles. The number of ketones is 1. The Hall–Kier alpha value is -1.34. The fourth-order valence-corrected chi connectivity index (χ4v) is 1.55. The molecule has 0 aliphatic carbocycles. The number of carbonyl (C=O) groups excluding carboxylic acids is 1. The molecule has 2 heterocycles. The third kappa shape index (κ3) is 2.02. The number of ether oxygens (including phenoxy) is 1. The zero-order chi connectivity index (χ0) is 10.8. The summed E-state index contributed by atoms with van der Waals surface area (Å²) in [6, 6.07) is -0.372. The van der Waals surface area contributed by atoms with Crippen molar-refractivity contribution in [3.05, 3.63) is 5.82 Å². The van der Waals surface area contributed by atoms with Crippen LogP contribution in [-0.4, -0.2) is 51.3 Å². The van der Waals surface area contributed by atoms with Gasteiger partial charge in [0.05, 0.1) is 19.8 Å². The fourth-order valence-electron chi connectivity index (χ4n) is 1.55. The molecule has 1 aliphatic heterocycles. The summed E-state index contributed by atoms with van der Waals surface area (Å²) < 4.78 is 5.37. The van der Waals surface area contributed by atoms with Gasteiger partial charge in [0.25, 0.3) is 0 Å². The summed E-state index contributed by atoms with van der Waals surface area (Å²) in [5.74, 6) is -0.0392. The number of carbonyl (C=O) groups is 1. The van der Waals surface area contributed by atoms with E-state index in [0.29, 0.717) is 13.2 Å². The van der Waals surface area contributed by atoms with Crippen LogP contribution >= 0.6 is 0 Å². The summed E-state index contributed by atoms with van der Waals surface area (Å²) in [6.07, 6.45) is -0.157. The Kier molecular flexibility index (Phi) is 2.74. The lowest BCUT2D eigenvalue weighted by molar-refractivity contribution is 0.0107. The van der Waals surface area contributed by atoms with Gasteiger partial charge in [-0.3, -0.25) is 4.79 Å². The Morgan fingerprint density at radius 1 is 1.67 bits per heavy atom. The lowest BCUT2D eigenvalue weighted by Gasteiger charge is -2.28. The first-order valence-electron chi connectivity index (χ1n) is 4.81. The summed E-state index contributed by atoms with van der Waals surface area (Å²) >= 11 is 0. The zero-order valence-corrected chi connectivity index (χ0v) is 8.67. The van der Waals surface area contributed by atoms with Crippen LogP contribution in [0, 0.1) is 0 Å². The maximum absolute atomic E-state index is 11.9. The molecule has 2 atom stereocenters. The first kappa shape index (κ1) is 10.2. The zero-order valence-electron chi connectivity index (χ0n) is 8.67. The molecule has 0 amide bonds. The van der Waals surface area contributed by atoms with Gasteiger partial charge in [0.15, 0.2) is 0 Å². The summed E-state index contributed by atoms with van der Waals surface area (Å²) in [5, 5.41) is 14.3. The quantitative estimate of drug-likeness (QED) is 0.617. The minimum absolute atomic E-state index is 0.132. The second-order valence-corrected chi connectivity index (χ2v) is 3.47. The first-order chi connectivity index (χ1) is 7.18. The van der Waals surface area contributed by atoms with Gasteiger partial charge in [-0.05, 0) is 12.1 Å². The van der Waals surface area contributed by atoms with Crippen LogP contribution in [0.25, 0.3) is 0 Å². The maximum atomic E-state index is 11.9. The van der Waals surface area contributed by atoms with Crippen molar-refractivity contribution in [1.82, 2.24) is 25.5 Å². The SMILES string of the molecule is CC1OCCNC1C(=O)c1nnn(C)n1. The second-order valence-electron chi connectivity index (χ2n) is 3.47. The van der Waals surface area contributed by atoms with E-state index in [0.717, 1.165) is 0 Å².